The van der Waals surface area contributed by atoms with E-state index in [-0.39, 0.29) is 11.6 Å². The molecule has 1 aromatic carbocycles. The van der Waals surface area contributed by atoms with Crippen LogP contribution in [0.25, 0.3) is 0 Å². The highest BCUT2D eigenvalue weighted by Crippen LogP contribution is 2.23. The fourth-order valence-corrected chi connectivity index (χ4v) is 1.30. The van der Waals surface area contributed by atoms with Gasteiger partial charge >= 0.3 is 6.36 Å². The van der Waals surface area contributed by atoms with Gasteiger partial charge in [-0.3, -0.25) is 15.7 Å². The lowest BCUT2D eigenvalue weighted by molar-refractivity contribution is -0.274. The van der Waals surface area contributed by atoms with Gasteiger partial charge in [-0.1, -0.05) is 0 Å². The molecule has 2 N–H and O–H groups in total. The van der Waals surface area contributed by atoms with Crippen molar-refractivity contribution in [2.45, 2.75) is 32.7 Å². The number of ether oxygens (including phenoxy) is 1. The number of halogens is 3. The van der Waals surface area contributed by atoms with Crippen molar-refractivity contribution in [2.24, 2.45) is 4.99 Å². The topological polar surface area (TPSA) is 53.9 Å². The van der Waals surface area contributed by atoms with Crippen LogP contribution in [-0.4, -0.2) is 22.9 Å². The SMILES string of the molecule is CC(C)(C)N=C(NO)c1ccc(OC(F)(F)F)cc1. The Balaban J connectivity index is 2.94. The van der Waals surface area contributed by atoms with Crippen molar-refractivity contribution in [1.29, 1.82) is 0 Å². The number of rotatable bonds is 2. The summed E-state index contributed by atoms with van der Waals surface area (Å²) in [6, 6.07) is 5.04. The van der Waals surface area contributed by atoms with Crippen molar-refractivity contribution in [2.75, 3.05) is 0 Å². The summed E-state index contributed by atoms with van der Waals surface area (Å²) in [5, 5.41) is 9.01. The second kappa shape index (κ2) is 5.48. The highest BCUT2D eigenvalue weighted by Gasteiger charge is 2.31. The van der Waals surface area contributed by atoms with Gasteiger partial charge in [-0.15, -0.1) is 13.2 Å². The predicted octanol–water partition coefficient (Wildman–Crippen LogP) is 3.11. The number of alkyl halides is 3. The van der Waals surface area contributed by atoms with Gasteiger partial charge in [0.05, 0.1) is 5.54 Å². The minimum Gasteiger partial charge on any atom is -0.406 e. The monoisotopic (exact) mass is 276 g/mol. The molecule has 19 heavy (non-hydrogen) atoms. The van der Waals surface area contributed by atoms with E-state index in [4.69, 9.17) is 5.21 Å². The van der Waals surface area contributed by atoms with E-state index in [0.717, 1.165) is 12.1 Å². The zero-order valence-corrected chi connectivity index (χ0v) is 10.7. The smallest absolute Gasteiger partial charge is 0.406 e. The van der Waals surface area contributed by atoms with Crippen LogP contribution < -0.4 is 10.2 Å². The van der Waals surface area contributed by atoms with Crippen LogP contribution in [0.4, 0.5) is 13.2 Å². The summed E-state index contributed by atoms with van der Waals surface area (Å²) in [6.45, 7) is 5.47. The maximum absolute atomic E-state index is 12.0. The average molecular weight is 276 g/mol. The molecule has 1 rings (SSSR count). The molecule has 0 aliphatic rings. The minimum absolute atomic E-state index is 0.172. The van der Waals surface area contributed by atoms with Crippen LogP contribution in [0.1, 0.15) is 26.3 Å². The molecule has 0 radical (unpaired) electrons. The molecule has 0 spiro atoms. The number of amidine groups is 1. The molecule has 0 saturated heterocycles. The summed E-state index contributed by atoms with van der Waals surface area (Å²) in [4.78, 5) is 4.19. The Morgan fingerprint density at radius 2 is 1.68 bits per heavy atom. The number of aliphatic imine (C=N–C) groups is 1. The molecule has 0 saturated carbocycles. The molecule has 0 amide bonds. The Morgan fingerprint density at radius 3 is 2.05 bits per heavy atom. The van der Waals surface area contributed by atoms with Crippen LogP contribution in [0.15, 0.2) is 29.3 Å². The summed E-state index contributed by atoms with van der Waals surface area (Å²) < 4.78 is 39.7. The summed E-state index contributed by atoms with van der Waals surface area (Å²) >= 11 is 0. The second-order valence-electron chi connectivity index (χ2n) is 4.82. The van der Waals surface area contributed by atoms with Gasteiger partial charge in [0, 0.05) is 5.56 Å². The summed E-state index contributed by atoms with van der Waals surface area (Å²) in [5.41, 5.74) is 1.94. The summed E-state index contributed by atoms with van der Waals surface area (Å²) in [5.74, 6) is -0.157. The quantitative estimate of drug-likeness (QED) is 0.496. The van der Waals surface area contributed by atoms with Crippen LogP contribution >= 0.6 is 0 Å². The first-order valence-electron chi connectivity index (χ1n) is 5.47. The van der Waals surface area contributed by atoms with Gasteiger partial charge in [-0.05, 0) is 45.0 Å². The van der Waals surface area contributed by atoms with Gasteiger partial charge in [0.2, 0.25) is 0 Å². The maximum atomic E-state index is 12.0. The second-order valence-corrected chi connectivity index (χ2v) is 4.82. The lowest BCUT2D eigenvalue weighted by Gasteiger charge is -2.15. The number of hydrogen-bond acceptors (Lipinski definition) is 3. The third-order valence-electron chi connectivity index (χ3n) is 1.91. The van der Waals surface area contributed by atoms with Crippen molar-refractivity contribution in [3.63, 3.8) is 0 Å². The van der Waals surface area contributed by atoms with Crippen LogP contribution in [0.2, 0.25) is 0 Å². The predicted molar refractivity (Wildman–Crippen MR) is 64.3 cm³/mol. The summed E-state index contributed by atoms with van der Waals surface area (Å²) in [6.07, 6.45) is -4.72. The molecule has 0 bridgehead atoms. The lowest BCUT2D eigenvalue weighted by Crippen LogP contribution is -2.25. The van der Waals surface area contributed by atoms with Gasteiger partial charge in [0.15, 0.2) is 5.84 Å². The van der Waals surface area contributed by atoms with Crippen molar-refractivity contribution >= 4 is 5.84 Å². The van der Waals surface area contributed by atoms with Gasteiger partial charge in [0.1, 0.15) is 5.75 Å². The van der Waals surface area contributed by atoms with E-state index >= 15 is 0 Å². The Hall–Kier alpha value is -1.76. The molecule has 0 aliphatic carbocycles. The normalized spacial score (nSPS) is 13.3. The third kappa shape index (κ3) is 5.60. The van der Waals surface area contributed by atoms with Crippen LogP contribution in [0, 0.1) is 0 Å². The third-order valence-corrected chi connectivity index (χ3v) is 1.91. The van der Waals surface area contributed by atoms with E-state index in [2.05, 4.69) is 9.73 Å². The molecule has 0 heterocycles. The number of hydrogen-bond donors (Lipinski definition) is 2. The highest BCUT2D eigenvalue weighted by molar-refractivity contribution is 5.98. The molecule has 106 valence electrons. The number of benzene rings is 1. The van der Waals surface area contributed by atoms with Crippen molar-refractivity contribution in [1.82, 2.24) is 5.48 Å². The van der Waals surface area contributed by atoms with E-state index in [9.17, 15) is 13.2 Å². The maximum Gasteiger partial charge on any atom is 0.573 e. The van der Waals surface area contributed by atoms with Gasteiger partial charge < -0.3 is 4.74 Å². The number of nitrogens with one attached hydrogen (secondary N) is 1. The van der Waals surface area contributed by atoms with Gasteiger partial charge in [-0.25, -0.2) is 0 Å². The zero-order chi connectivity index (χ0) is 14.7. The Morgan fingerprint density at radius 1 is 1.16 bits per heavy atom. The Kier molecular flexibility index (Phi) is 4.41. The molecule has 7 heteroatoms. The molecule has 0 aliphatic heterocycles. The molecule has 0 unspecified atom stereocenters. The van der Waals surface area contributed by atoms with Gasteiger partial charge in [-0.2, -0.15) is 0 Å². The van der Waals surface area contributed by atoms with E-state index in [1.54, 1.807) is 0 Å². The molecule has 0 aromatic heterocycles. The van der Waals surface area contributed by atoms with Gasteiger partial charge in [0.25, 0.3) is 0 Å². The molecular weight excluding hydrogens is 261 g/mol. The molecule has 4 nitrogen and oxygen atoms in total. The van der Waals surface area contributed by atoms with E-state index in [1.807, 2.05) is 26.3 Å². The standard InChI is InChI=1S/C12H15F3N2O2/c1-11(2,3)16-10(17-18)8-4-6-9(7-5-8)19-12(13,14)15/h4-7,18H,1-3H3,(H,16,17). The van der Waals surface area contributed by atoms with Crippen LogP contribution in [0.3, 0.4) is 0 Å². The fourth-order valence-electron chi connectivity index (χ4n) is 1.30. The fraction of sp³-hybridized carbons (Fsp3) is 0.417. The minimum atomic E-state index is -4.72. The highest BCUT2D eigenvalue weighted by atomic mass is 19.4. The van der Waals surface area contributed by atoms with E-state index in [0.29, 0.717) is 5.56 Å². The molecule has 1 aromatic rings. The van der Waals surface area contributed by atoms with Crippen LogP contribution in [0.5, 0.6) is 5.75 Å². The first-order valence-corrected chi connectivity index (χ1v) is 5.47. The Bertz CT molecular complexity index is 448. The first kappa shape index (κ1) is 15.3. The average Bonchev–Trinajstić information content (AvgIpc) is 2.23. The first-order chi connectivity index (χ1) is 8.61. The summed E-state index contributed by atoms with van der Waals surface area (Å²) in [7, 11) is 0. The zero-order valence-electron chi connectivity index (χ0n) is 10.7. The number of nitrogens with zero attached hydrogens (tertiary/aromatic N) is 1. The largest absolute Gasteiger partial charge is 0.573 e. The van der Waals surface area contributed by atoms with Crippen molar-refractivity contribution in [3.8, 4) is 5.75 Å². The number of hydroxylamine groups is 1. The van der Waals surface area contributed by atoms with E-state index < -0.39 is 11.9 Å². The van der Waals surface area contributed by atoms with Crippen molar-refractivity contribution < 1.29 is 23.1 Å². The van der Waals surface area contributed by atoms with E-state index in [1.165, 1.54) is 12.1 Å². The lowest BCUT2D eigenvalue weighted by atomic mass is 10.1. The molecular formula is C12H15F3N2O2. The van der Waals surface area contributed by atoms with Crippen molar-refractivity contribution in [3.05, 3.63) is 29.8 Å². The molecule has 0 fully saturated rings. The Labute approximate surface area is 108 Å². The molecule has 0 atom stereocenters. The van der Waals surface area contributed by atoms with Crippen LogP contribution in [-0.2, 0) is 0 Å².